The Labute approximate surface area is 100 Å². The van der Waals surface area contributed by atoms with Crippen molar-refractivity contribution in [3.63, 3.8) is 0 Å². The molecular weight excluding hydrogens is 248 g/mol. The van der Waals surface area contributed by atoms with Gasteiger partial charge in [-0.05, 0) is 31.4 Å². The van der Waals surface area contributed by atoms with Gasteiger partial charge < -0.3 is 4.57 Å². The SMILES string of the molecule is Fc1c(C(F)(F)F)ccc2c1n[c]n2C1CCC1. The molecule has 1 aromatic heterocycles. The molecule has 0 saturated heterocycles. The van der Waals surface area contributed by atoms with E-state index in [1.165, 1.54) is 6.07 Å². The molecule has 6 heteroatoms. The van der Waals surface area contributed by atoms with Crippen molar-refractivity contribution in [3.8, 4) is 0 Å². The summed E-state index contributed by atoms with van der Waals surface area (Å²) in [6, 6.07) is 2.22. The second-order valence-electron chi connectivity index (χ2n) is 4.46. The van der Waals surface area contributed by atoms with Crippen LogP contribution in [0.25, 0.3) is 11.0 Å². The van der Waals surface area contributed by atoms with E-state index in [1.54, 1.807) is 4.57 Å². The Morgan fingerprint density at radius 2 is 2.00 bits per heavy atom. The molecule has 1 saturated carbocycles. The first-order chi connectivity index (χ1) is 8.48. The van der Waals surface area contributed by atoms with Crippen molar-refractivity contribution in [2.45, 2.75) is 31.5 Å². The minimum atomic E-state index is -4.70. The van der Waals surface area contributed by atoms with Gasteiger partial charge in [0.15, 0.2) is 12.1 Å². The summed E-state index contributed by atoms with van der Waals surface area (Å²) in [6.45, 7) is 0. The van der Waals surface area contributed by atoms with Crippen LogP contribution in [0.3, 0.4) is 0 Å². The highest BCUT2D eigenvalue weighted by Crippen LogP contribution is 2.37. The zero-order valence-electron chi connectivity index (χ0n) is 9.26. The number of imidazole rings is 1. The van der Waals surface area contributed by atoms with Gasteiger partial charge in [0.25, 0.3) is 0 Å². The summed E-state index contributed by atoms with van der Waals surface area (Å²) in [4.78, 5) is 3.66. The Kier molecular flexibility index (Phi) is 2.36. The molecule has 0 bridgehead atoms. The molecular formula is C12H9F4N2. The Morgan fingerprint density at radius 3 is 2.56 bits per heavy atom. The zero-order chi connectivity index (χ0) is 12.9. The van der Waals surface area contributed by atoms with Gasteiger partial charge in [0.1, 0.15) is 5.52 Å². The third-order valence-corrected chi connectivity index (χ3v) is 3.37. The highest BCUT2D eigenvalue weighted by atomic mass is 19.4. The smallest absolute Gasteiger partial charge is 0.318 e. The molecule has 2 nitrogen and oxygen atoms in total. The van der Waals surface area contributed by atoms with Crippen molar-refractivity contribution >= 4 is 11.0 Å². The molecule has 1 heterocycles. The van der Waals surface area contributed by atoms with Gasteiger partial charge in [-0.3, -0.25) is 0 Å². The van der Waals surface area contributed by atoms with Gasteiger partial charge in [-0.15, -0.1) is 0 Å². The maximum Gasteiger partial charge on any atom is 0.419 e. The molecule has 18 heavy (non-hydrogen) atoms. The second-order valence-corrected chi connectivity index (χ2v) is 4.46. The first-order valence-corrected chi connectivity index (χ1v) is 5.64. The monoisotopic (exact) mass is 257 g/mol. The number of nitrogens with zero attached hydrogens (tertiary/aromatic N) is 2. The van der Waals surface area contributed by atoms with E-state index in [0.29, 0.717) is 5.52 Å². The number of fused-ring (bicyclic) bond motifs is 1. The van der Waals surface area contributed by atoms with Gasteiger partial charge in [0.2, 0.25) is 0 Å². The van der Waals surface area contributed by atoms with E-state index < -0.39 is 17.6 Å². The minimum absolute atomic E-state index is 0.186. The molecule has 0 amide bonds. The molecule has 0 atom stereocenters. The number of alkyl halides is 3. The van der Waals surface area contributed by atoms with Gasteiger partial charge in [0, 0.05) is 6.04 Å². The van der Waals surface area contributed by atoms with Crippen LogP contribution in [0.2, 0.25) is 0 Å². The Hall–Kier alpha value is -1.59. The summed E-state index contributed by atoms with van der Waals surface area (Å²) in [6.07, 6.45) is 0.840. The van der Waals surface area contributed by atoms with Crippen LogP contribution in [-0.4, -0.2) is 9.55 Å². The van der Waals surface area contributed by atoms with Crippen LogP contribution in [0.1, 0.15) is 30.9 Å². The summed E-state index contributed by atoms with van der Waals surface area (Å²) in [5.74, 6) is -1.31. The van der Waals surface area contributed by atoms with Crippen LogP contribution in [0.15, 0.2) is 12.1 Å². The van der Waals surface area contributed by atoms with E-state index in [-0.39, 0.29) is 11.6 Å². The van der Waals surface area contributed by atoms with Crippen molar-refractivity contribution < 1.29 is 17.6 Å². The summed E-state index contributed by atoms with van der Waals surface area (Å²) < 4.78 is 53.0. The predicted octanol–water partition coefficient (Wildman–Crippen LogP) is 3.72. The van der Waals surface area contributed by atoms with Crippen LogP contribution >= 0.6 is 0 Å². The first kappa shape index (κ1) is 11.5. The third-order valence-electron chi connectivity index (χ3n) is 3.37. The second kappa shape index (κ2) is 3.70. The van der Waals surface area contributed by atoms with E-state index in [1.807, 2.05) is 0 Å². The highest BCUT2D eigenvalue weighted by Gasteiger charge is 2.35. The maximum atomic E-state index is 13.7. The highest BCUT2D eigenvalue weighted by molar-refractivity contribution is 5.77. The van der Waals surface area contributed by atoms with Gasteiger partial charge >= 0.3 is 6.18 Å². The molecule has 0 unspecified atom stereocenters. The molecule has 0 aliphatic heterocycles. The van der Waals surface area contributed by atoms with Crippen LogP contribution in [-0.2, 0) is 6.18 Å². The minimum Gasteiger partial charge on any atom is -0.318 e. The molecule has 1 fully saturated rings. The standard InChI is InChI=1S/C12H9F4N2/c13-10-8(12(14,15)16)4-5-9-11(10)17-6-18(9)7-2-1-3-7/h4-5,7H,1-3H2. The summed E-state index contributed by atoms with van der Waals surface area (Å²) >= 11 is 0. The lowest BCUT2D eigenvalue weighted by Crippen LogP contribution is -2.16. The van der Waals surface area contributed by atoms with Crippen molar-refractivity contribution in [3.05, 3.63) is 29.8 Å². The Morgan fingerprint density at radius 1 is 1.28 bits per heavy atom. The van der Waals surface area contributed by atoms with Crippen molar-refractivity contribution in [2.24, 2.45) is 0 Å². The van der Waals surface area contributed by atoms with E-state index in [4.69, 9.17) is 0 Å². The number of rotatable bonds is 1. The van der Waals surface area contributed by atoms with E-state index in [0.717, 1.165) is 25.3 Å². The average Bonchev–Trinajstić information content (AvgIpc) is 2.59. The van der Waals surface area contributed by atoms with Gasteiger partial charge in [0.05, 0.1) is 11.1 Å². The molecule has 1 aromatic carbocycles. The lowest BCUT2D eigenvalue weighted by Gasteiger charge is -2.26. The normalized spacial score (nSPS) is 17.1. The zero-order valence-corrected chi connectivity index (χ0v) is 9.26. The maximum absolute atomic E-state index is 13.7. The molecule has 95 valence electrons. The largest absolute Gasteiger partial charge is 0.419 e. The number of aromatic nitrogens is 2. The van der Waals surface area contributed by atoms with Crippen LogP contribution in [0, 0.1) is 12.1 Å². The number of hydrogen-bond donors (Lipinski definition) is 0. The molecule has 1 radical (unpaired) electrons. The topological polar surface area (TPSA) is 17.8 Å². The third kappa shape index (κ3) is 1.59. The summed E-state index contributed by atoms with van der Waals surface area (Å²) in [5, 5.41) is 0. The fraction of sp³-hybridized carbons (Fsp3) is 0.417. The van der Waals surface area contributed by atoms with Crippen LogP contribution in [0.4, 0.5) is 17.6 Å². The van der Waals surface area contributed by atoms with E-state index in [9.17, 15) is 17.6 Å². The predicted molar refractivity (Wildman–Crippen MR) is 56.4 cm³/mol. The molecule has 3 rings (SSSR count). The number of hydrogen-bond acceptors (Lipinski definition) is 1. The van der Waals surface area contributed by atoms with Crippen LogP contribution in [0.5, 0.6) is 0 Å². The Balaban J connectivity index is 2.16. The Bertz CT molecular complexity index is 596. The number of halogens is 4. The fourth-order valence-electron chi connectivity index (χ4n) is 2.16. The van der Waals surface area contributed by atoms with Gasteiger partial charge in [-0.2, -0.15) is 13.2 Å². The van der Waals surface area contributed by atoms with Crippen LogP contribution < -0.4 is 0 Å². The molecule has 0 N–H and O–H groups in total. The molecule has 2 aromatic rings. The quantitative estimate of drug-likeness (QED) is 0.712. The molecule has 1 aliphatic rings. The fourth-order valence-corrected chi connectivity index (χ4v) is 2.16. The molecule has 1 aliphatic carbocycles. The van der Waals surface area contributed by atoms with Crippen molar-refractivity contribution in [2.75, 3.05) is 0 Å². The average molecular weight is 257 g/mol. The lowest BCUT2D eigenvalue weighted by atomic mass is 9.93. The summed E-state index contributed by atoms with van der Waals surface area (Å²) in [7, 11) is 0. The summed E-state index contributed by atoms with van der Waals surface area (Å²) in [5.41, 5.74) is -1.15. The van der Waals surface area contributed by atoms with Crippen molar-refractivity contribution in [1.29, 1.82) is 0 Å². The van der Waals surface area contributed by atoms with Gasteiger partial charge in [-0.25, -0.2) is 9.37 Å². The number of benzene rings is 1. The lowest BCUT2D eigenvalue weighted by molar-refractivity contribution is -0.139. The van der Waals surface area contributed by atoms with Gasteiger partial charge in [-0.1, -0.05) is 0 Å². The first-order valence-electron chi connectivity index (χ1n) is 5.64. The molecule has 0 spiro atoms. The van der Waals surface area contributed by atoms with Crippen molar-refractivity contribution in [1.82, 2.24) is 9.55 Å². The van der Waals surface area contributed by atoms with E-state index >= 15 is 0 Å². The van der Waals surface area contributed by atoms with E-state index in [2.05, 4.69) is 11.3 Å².